The maximum absolute atomic E-state index is 12.1. The van der Waals surface area contributed by atoms with Crippen molar-refractivity contribution in [3.05, 3.63) is 82.9 Å². The maximum Gasteiger partial charge on any atom is 0.329 e. The first kappa shape index (κ1) is 21.9. The third-order valence-electron chi connectivity index (χ3n) is 4.34. The van der Waals surface area contributed by atoms with Crippen LogP contribution >= 0.6 is 11.6 Å². The molecule has 158 valence electrons. The summed E-state index contributed by atoms with van der Waals surface area (Å²) in [6, 6.07) is 19.7. The number of para-hydroxylation sites is 2. The SMILES string of the molecule is COc1cccc(/C=N\NC(=O)C(=O)Nc2cccc(Cl)c2)c1Nc1ccccc1C. The lowest BCUT2D eigenvalue weighted by Crippen LogP contribution is -2.32. The van der Waals surface area contributed by atoms with Gasteiger partial charge in [0.1, 0.15) is 5.75 Å². The van der Waals surface area contributed by atoms with Crippen molar-refractivity contribution in [2.75, 3.05) is 17.7 Å². The van der Waals surface area contributed by atoms with E-state index in [-0.39, 0.29) is 0 Å². The number of rotatable bonds is 6. The summed E-state index contributed by atoms with van der Waals surface area (Å²) in [5.74, 6) is -1.16. The number of amides is 2. The Morgan fingerprint density at radius 1 is 1.00 bits per heavy atom. The highest BCUT2D eigenvalue weighted by Crippen LogP contribution is 2.31. The molecule has 0 spiro atoms. The maximum atomic E-state index is 12.1. The molecule has 2 amide bonds. The molecular formula is C23H21ClN4O3. The Hall–Kier alpha value is -3.84. The van der Waals surface area contributed by atoms with E-state index in [9.17, 15) is 9.59 Å². The van der Waals surface area contributed by atoms with Crippen LogP contribution in [-0.4, -0.2) is 25.1 Å². The van der Waals surface area contributed by atoms with E-state index in [4.69, 9.17) is 16.3 Å². The number of hydrogen-bond acceptors (Lipinski definition) is 5. The molecule has 0 unspecified atom stereocenters. The summed E-state index contributed by atoms with van der Waals surface area (Å²) < 4.78 is 5.45. The van der Waals surface area contributed by atoms with Crippen molar-refractivity contribution in [3.63, 3.8) is 0 Å². The van der Waals surface area contributed by atoms with Gasteiger partial charge in [0.2, 0.25) is 0 Å². The molecule has 0 aromatic heterocycles. The Morgan fingerprint density at radius 3 is 2.52 bits per heavy atom. The smallest absolute Gasteiger partial charge is 0.329 e. The van der Waals surface area contributed by atoms with Crippen molar-refractivity contribution in [2.45, 2.75) is 6.92 Å². The van der Waals surface area contributed by atoms with Crippen LogP contribution in [0.5, 0.6) is 5.75 Å². The van der Waals surface area contributed by atoms with E-state index in [0.717, 1.165) is 11.3 Å². The molecule has 0 aliphatic carbocycles. The van der Waals surface area contributed by atoms with E-state index in [0.29, 0.717) is 27.7 Å². The van der Waals surface area contributed by atoms with Gasteiger partial charge in [0, 0.05) is 22.0 Å². The van der Waals surface area contributed by atoms with Crippen LogP contribution < -0.4 is 20.8 Å². The summed E-state index contributed by atoms with van der Waals surface area (Å²) in [7, 11) is 1.57. The fourth-order valence-electron chi connectivity index (χ4n) is 2.77. The Bertz CT molecular complexity index is 1130. The van der Waals surface area contributed by atoms with E-state index in [1.54, 1.807) is 31.4 Å². The van der Waals surface area contributed by atoms with E-state index in [1.807, 2.05) is 43.3 Å². The fraction of sp³-hybridized carbons (Fsp3) is 0.0870. The minimum Gasteiger partial charge on any atom is -0.495 e. The Balaban J connectivity index is 1.72. The van der Waals surface area contributed by atoms with Gasteiger partial charge in [-0.25, -0.2) is 5.43 Å². The molecule has 3 aromatic rings. The average molecular weight is 437 g/mol. The Morgan fingerprint density at radius 2 is 1.77 bits per heavy atom. The quantitative estimate of drug-likeness (QED) is 0.301. The fourth-order valence-corrected chi connectivity index (χ4v) is 2.96. The third-order valence-corrected chi connectivity index (χ3v) is 4.58. The molecule has 7 nitrogen and oxygen atoms in total. The minimum absolute atomic E-state index is 0.411. The normalized spacial score (nSPS) is 10.5. The van der Waals surface area contributed by atoms with Gasteiger partial charge in [0.05, 0.1) is 19.0 Å². The largest absolute Gasteiger partial charge is 0.495 e. The number of benzene rings is 3. The molecule has 8 heteroatoms. The van der Waals surface area contributed by atoms with Crippen LogP contribution in [0.2, 0.25) is 5.02 Å². The highest BCUT2D eigenvalue weighted by atomic mass is 35.5. The van der Waals surface area contributed by atoms with Crippen LogP contribution in [0.4, 0.5) is 17.1 Å². The summed E-state index contributed by atoms with van der Waals surface area (Å²) in [6.07, 6.45) is 1.44. The molecule has 0 radical (unpaired) electrons. The summed E-state index contributed by atoms with van der Waals surface area (Å²) in [5, 5.41) is 10.2. The molecule has 0 aliphatic heterocycles. The highest BCUT2D eigenvalue weighted by Gasteiger charge is 2.14. The predicted molar refractivity (Wildman–Crippen MR) is 123 cm³/mol. The summed E-state index contributed by atoms with van der Waals surface area (Å²) >= 11 is 5.88. The zero-order valence-electron chi connectivity index (χ0n) is 17.0. The number of halogens is 1. The van der Waals surface area contributed by atoms with Gasteiger partial charge < -0.3 is 15.4 Å². The van der Waals surface area contributed by atoms with Crippen LogP contribution in [-0.2, 0) is 9.59 Å². The topological polar surface area (TPSA) is 91.8 Å². The number of nitrogens with one attached hydrogen (secondary N) is 3. The number of aryl methyl sites for hydroxylation is 1. The number of methoxy groups -OCH3 is 1. The molecule has 0 atom stereocenters. The van der Waals surface area contributed by atoms with E-state index in [1.165, 1.54) is 12.3 Å². The molecule has 0 saturated heterocycles. The van der Waals surface area contributed by atoms with Gasteiger partial charge in [-0.15, -0.1) is 0 Å². The van der Waals surface area contributed by atoms with Crippen LogP contribution in [0.25, 0.3) is 0 Å². The first-order valence-corrected chi connectivity index (χ1v) is 9.75. The molecule has 0 bridgehead atoms. The van der Waals surface area contributed by atoms with Gasteiger partial charge in [-0.3, -0.25) is 9.59 Å². The number of ether oxygens (including phenoxy) is 1. The first-order valence-electron chi connectivity index (χ1n) is 9.37. The summed E-state index contributed by atoms with van der Waals surface area (Å²) in [5.41, 5.74) is 5.95. The number of carbonyl (C=O) groups excluding carboxylic acids is 2. The van der Waals surface area contributed by atoms with Crippen LogP contribution in [0, 0.1) is 6.92 Å². The van der Waals surface area contributed by atoms with Crippen molar-refractivity contribution in [3.8, 4) is 5.75 Å². The second kappa shape index (κ2) is 10.3. The van der Waals surface area contributed by atoms with E-state index >= 15 is 0 Å². The van der Waals surface area contributed by atoms with E-state index < -0.39 is 11.8 Å². The van der Waals surface area contributed by atoms with E-state index in [2.05, 4.69) is 21.2 Å². The Labute approximate surface area is 185 Å². The molecule has 0 fully saturated rings. The minimum atomic E-state index is -0.910. The summed E-state index contributed by atoms with van der Waals surface area (Å²) in [6.45, 7) is 1.99. The van der Waals surface area contributed by atoms with Gasteiger partial charge in [-0.1, -0.05) is 48.0 Å². The lowest BCUT2D eigenvalue weighted by molar-refractivity contribution is -0.136. The van der Waals surface area contributed by atoms with Crippen LogP contribution in [0.1, 0.15) is 11.1 Å². The van der Waals surface area contributed by atoms with Gasteiger partial charge >= 0.3 is 11.8 Å². The molecule has 0 saturated carbocycles. The van der Waals surface area contributed by atoms with Gasteiger partial charge in [-0.05, 0) is 42.8 Å². The Kier molecular flexibility index (Phi) is 7.24. The zero-order chi connectivity index (χ0) is 22.2. The van der Waals surface area contributed by atoms with Gasteiger partial charge in [0.15, 0.2) is 0 Å². The molecule has 3 N–H and O–H groups in total. The van der Waals surface area contributed by atoms with Crippen molar-refractivity contribution in [1.29, 1.82) is 0 Å². The second-order valence-electron chi connectivity index (χ2n) is 6.53. The highest BCUT2D eigenvalue weighted by molar-refractivity contribution is 6.39. The standard InChI is InChI=1S/C23H21ClN4O3/c1-15-7-3-4-11-19(15)27-21-16(8-5-12-20(21)31-2)14-25-28-23(30)22(29)26-18-10-6-9-17(24)13-18/h3-14,27H,1-2H3,(H,26,29)(H,28,30)/b25-14-. The lowest BCUT2D eigenvalue weighted by Gasteiger charge is -2.15. The van der Waals surface area contributed by atoms with Crippen molar-refractivity contribution in [2.24, 2.45) is 5.10 Å². The number of hydrogen-bond donors (Lipinski definition) is 3. The third kappa shape index (κ3) is 5.83. The number of nitrogens with zero attached hydrogens (tertiary/aromatic N) is 1. The number of anilines is 3. The lowest BCUT2D eigenvalue weighted by atomic mass is 10.1. The van der Waals surface area contributed by atoms with Gasteiger partial charge in [-0.2, -0.15) is 5.10 Å². The molecule has 0 heterocycles. The molecular weight excluding hydrogens is 416 g/mol. The van der Waals surface area contributed by atoms with Crippen molar-refractivity contribution in [1.82, 2.24) is 5.43 Å². The number of carbonyl (C=O) groups is 2. The van der Waals surface area contributed by atoms with Crippen LogP contribution in [0.3, 0.4) is 0 Å². The molecule has 3 aromatic carbocycles. The molecule has 0 aliphatic rings. The van der Waals surface area contributed by atoms with Gasteiger partial charge in [0.25, 0.3) is 0 Å². The average Bonchev–Trinajstić information content (AvgIpc) is 2.76. The monoisotopic (exact) mass is 436 g/mol. The predicted octanol–water partition coefficient (Wildman–Crippen LogP) is 4.49. The number of hydrazone groups is 1. The molecule has 31 heavy (non-hydrogen) atoms. The first-order chi connectivity index (χ1) is 15.0. The molecule has 3 rings (SSSR count). The van der Waals surface area contributed by atoms with Crippen molar-refractivity contribution >= 4 is 46.7 Å². The summed E-state index contributed by atoms with van der Waals surface area (Å²) in [4.78, 5) is 24.1. The second-order valence-corrected chi connectivity index (χ2v) is 6.96. The van der Waals surface area contributed by atoms with Crippen molar-refractivity contribution < 1.29 is 14.3 Å². The van der Waals surface area contributed by atoms with Crippen LogP contribution in [0.15, 0.2) is 71.8 Å². The zero-order valence-corrected chi connectivity index (χ0v) is 17.7.